The fraction of sp³-hybridized carbons (Fsp3) is 0.368. The largest absolute Gasteiger partial charge is 0.481 e. The standard InChI is InChI=1S/C19H21ClN2O2/c1-13-3-2-4-17(21-13)18(14-5-7-16(20)8-6-14)22-11-9-15(10-12-22)19(23)24/h2-8,15,18H,9-12H2,1H3,(H,23,24). The van der Waals surface area contributed by atoms with Gasteiger partial charge in [0.05, 0.1) is 17.7 Å². The Morgan fingerprint density at radius 1 is 1.21 bits per heavy atom. The second-order valence-electron chi connectivity index (χ2n) is 6.31. The van der Waals surface area contributed by atoms with Crippen molar-refractivity contribution in [3.05, 3.63) is 64.4 Å². The summed E-state index contributed by atoms with van der Waals surface area (Å²) in [6.07, 6.45) is 1.34. The predicted molar refractivity (Wildman–Crippen MR) is 94.2 cm³/mol. The van der Waals surface area contributed by atoms with Crippen molar-refractivity contribution in [1.82, 2.24) is 9.88 Å². The number of rotatable bonds is 4. The molecule has 0 radical (unpaired) electrons. The monoisotopic (exact) mass is 344 g/mol. The number of nitrogens with zero attached hydrogens (tertiary/aromatic N) is 2. The number of benzene rings is 1. The Kier molecular flexibility index (Phi) is 5.17. The Morgan fingerprint density at radius 3 is 2.46 bits per heavy atom. The van der Waals surface area contributed by atoms with E-state index < -0.39 is 5.97 Å². The molecule has 0 saturated carbocycles. The number of aryl methyl sites for hydroxylation is 1. The number of carboxylic acid groups (broad SMARTS) is 1. The Hall–Kier alpha value is -1.91. The van der Waals surface area contributed by atoms with Gasteiger partial charge in [0.1, 0.15) is 0 Å². The number of piperidine rings is 1. The SMILES string of the molecule is Cc1cccc(C(c2ccc(Cl)cc2)N2CCC(C(=O)O)CC2)n1. The van der Waals surface area contributed by atoms with Crippen molar-refractivity contribution in [2.75, 3.05) is 13.1 Å². The van der Waals surface area contributed by atoms with Crippen LogP contribution in [-0.4, -0.2) is 34.0 Å². The first-order valence-corrected chi connectivity index (χ1v) is 8.58. The van der Waals surface area contributed by atoms with Crippen LogP contribution in [0.25, 0.3) is 0 Å². The van der Waals surface area contributed by atoms with Gasteiger partial charge in [0.2, 0.25) is 0 Å². The molecule has 1 atom stereocenters. The zero-order chi connectivity index (χ0) is 17.1. The van der Waals surface area contributed by atoms with Gasteiger partial charge in [-0.3, -0.25) is 14.7 Å². The van der Waals surface area contributed by atoms with E-state index in [-0.39, 0.29) is 12.0 Å². The number of pyridine rings is 1. The number of halogens is 1. The Morgan fingerprint density at radius 2 is 1.88 bits per heavy atom. The lowest BCUT2D eigenvalue weighted by Gasteiger charge is -2.36. The number of hydrogen-bond donors (Lipinski definition) is 1. The third-order valence-electron chi connectivity index (χ3n) is 4.62. The maximum Gasteiger partial charge on any atom is 0.306 e. The molecule has 3 rings (SSSR count). The van der Waals surface area contributed by atoms with E-state index >= 15 is 0 Å². The molecule has 1 unspecified atom stereocenters. The van der Waals surface area contributed by atoms with Crippen LogP contribution in [0.15, 0.2) is 42.5 Å². The van der Waals surface area contributed by atoms with Gasteiger partial charge in [-0.25, -0.2) is 0 Å². The Balaban J connectivity index is 1.91. The van der Waals surface area contributed by atoms with Crippen LogP contribution in [0.2, 0.25) is 5.02 Å². The summed E-state index contributed by atoms with van der Waals surface area (Å²) in [7, 11) is 0. The number of carboxylic acids is 1. The van der Waals surface area contributed by atoms with Gasteiger partial charge in [0.25, 0.3) is 0 Å². The minimum Gasteiger partial charge on any atom is -0.481 e. The highest BCUT2D eigenvalue weighted by molar-refractivity contribution is 6.30. The number of hydrogen-bond acceptors (Lipinski definition) is 3. The second kappa shape index (κ2) is 7.32. The van der Waals surface area contributed by atoms with Crippen molar-refractivity contribution in [2.24, 2.45) is 5.92 Å². The van der Waals surface area contributed by atoms with E-state index in [0.29, 0.717) is 17.9 Å². The van der Waals surface area contributed by atoms with E-state index in [4.69, 9.17) is 16.6 Å². The van der Waals surface area contributed by atoms with E-state index in [0.717, 1.165) is 30.0 Å². The van der Waals surface area contributed by atoms with Gasteiger partial charge >= 0.3 is 5.97 Å². The summed E-state index contributed by atoms with van der Waals surface area (Å²) in [5.74, 6) is -0.927. The van der Waals surface area contributed by atoms with E-state index in [9.17, 15) is 9.90 Å². The van der Waals surface area contributed by atoms with Gasteiger partial charge in [-0.2, -0.15) is 0 Å². The van der Waals surface area contributed by atoms with Gasteiger partial charge in [-0.1, -0.05) is 29.8 Å². The summed E-state index contributed by atoms with van der Waals surface area (Å²) in [6, 6.07) is 13.9. The summed E-state index contributed by atoms with van der Waals surface area (Å²) < 4.78 is 0. The summed E-state index contributed by atoms with van der Waals surface area (Å²) >= 11 is 6.03. The molecule has 1 aliphatic rings. The Bertz CT molecular complexity index is 710. The molecule has 1 fully saturated rings. The molecule has 1 aromatic carbocycles. The molecule has 5 heteroatoms. The van der Waals surface area contributed by atoms with Crippen molar-refractivity contribution >= 4 is 17.6 Å². The van der Waals surface area contributed by atoms with Gasteiger partial charge in [-0.15, -0.1) is 0 Å². The molecule has 2 heterocycles. The van der Waals surface area contributed by atoms with Crippen molar-refractivity contribution < 1.29 is 9.90 Å². The zero-order valence-corrected chi connectivity index (χ0v) is 14.4. The molecule has 0 amide bonds. The smallest absolute Gasteiger partial charge is 0.306 e. The van der Waals surface area contributed by atoms with E-state index in [2.05, 4.69) is 4.90 Å². The number of likely N-dealkylation sites (tertiary alicyclic amines) is 1. The van der Waals surface area contributed by atoms with Crippen LogP contribution in [-0.2, 0) is 4.79 Å². The first kappa shape index (κ1) is 16.9. The van der Waals surface area contributed by atoms with Gasteiger partial charge in [0, 0.05) is 10.7 Å². The van der Waals surface area contributed by atoms with Gasteiger partial charge in [0.15, 0.2) is 0 Å². The quantitative estimate of drug-likeness (QED) is 0.913. The molecule has 0 bridgehead atoms. The van der Waals surface area contributed by atoms with Crippen LogP contribution in [0.3, 0.4) is 0 Å². The lowest BCUT2D eigenvalue weighted by atomic mass is 9.93. The molecule has 1 aliphatic heterocycles. The summed E-state index contributed by atoms with van der Waals surface area (Å²) in [5.41, 5.74) is 3.10. The van der Waals surface area contributed by atoms with Gasteiger partial charge in [-0.05, 0) is 62.7 Å². The lowest BCUT2D eigenvalue weighted by molar-refractivity contribution is -0.143. The first-order chi connectivity index (χ1) is 11.5. The minimum atomic E-state index is -0.689. The lowest BCUT2D eigenvalue weighted by Crippen LogP contribution is -2.39. The zero-order valence-electron chi connectivity index (χ0n) is 13.7. The van der Waals surface area contributed by atoms with Crippen molar-refractivity contribution in [3.63, 3.8) is 0 Å². The average molecular weight is 345 g/mol. The van der Waals surface area contributed by atoms with Crippen LogP contribution in [0.1, 0.15) is 35.8 Å². The first-order valence-electron chi connectivity index (χ1n) is 8.20. The van der Waals surface area contributed by atoms with Crippen LogP contribution < -0.4 is 0 Å². The average Bonchev–Trinajstić information content (AvgIpc) is 2.57. The van der Waals surface area contributed by atoms with Crippen LogP contribution in [0, 0.1) is 12.8 Å². The van der Waals surface area contributed by atoms with Gasteiger partial charge < -0.3 is 5.11 Å². The predicted octanol–water partition coefficient (Wildman–Crippen LogP) is 3.93. The third-order valence-corrected chi connectivity index (χ3v) is 4.87. The van der Waals surface area contributed by atoms with Crippen molar-refractivity contribution in [3.8, 4) is 0 Å². The number of carbonyl (C=O) groups is 1. The maximum atomic E-state index is 11.2. The highest BCUT2D eigenvalue weighted by atomic mass is 35.5. The highest BCUT2D eigenvalue weighted by Crippen LogP contribution is 2.32. The van der Waals surface area contributed by atoms with Crippen LogP contribution in [0.4, 0.5) is 0 Å². The molecular formula is C19H21ClN2O2. The van der Waals surface area contributed by atoms with Crippen molar-refractivity contribution in [1.29, 1.82) is 0 Å². The summed E-state index contributed by atoms with van der Waals surface area (Å²) in [5, 5.41) is 9.93. The molecular weight excluding hydrogens is 324 g/mol. The topological polar surface area (TPSA) is 53.4 Å². The second-order valence-corrected chi connectivity index (χ2v) is 6.74. The van der Waals surface area contributed by atoms with Crippen LogP contribution in [0.5, 0.6) is 0 Å². The molecule has 0 spiro atoms. The normalized spacial score (nSPS) is 17.6. The molecule has 1 aromatic heterocycles. The molecule has 4 nitrogen and oxygen atoms in total. The summed E-state index contributed by atoms with van der Waals surface area (Å²) in [4.78, 5) is 18.2. The van der Waals surface area contributed by atoms with E-state index in [1.807, 2.05) is 49.4 Å². The fourth-order valence-electron chi connectivity index (χ4n) is 3.33. The molecule has 0 aliphatic carbocycles. The molecule has 1 N–H and O–H groups in total. The minimum absolute atomic E-state index is 0.0249. The Labute approximate surface area is 147 Å². The van der Waals surface area contributed by atoms with Crippen LogP contribution >= 0.6 is 11.6 Å². The van der Waals surface area contributed by atoms with Crippen molar-refractivity contribution in [2.45, 2.75) is 25.8 Å². The molecule has 24 heavy (non-hydrogen) atoms. The number of aromatic nitrogens is 1. The van der Waals surface area contributed by atoms with E-state index in [1.165, 1.54) is 0 Å². The number of aliphatic carboxylic acids is 1. The highest BCUT2D eigenvalue weighted by Gasteiger charge is 2.30. The summed E-state index contributed by atoms with van der Waals surface area (Å²) in [6.45, 7) is 3.48. The van der Waals surface area contributed by atoms with E-state index in [1.54, 1.807) is 0 Å². The maximum absolute atomic E-state index is 11.2. The fourth-order valence-corrected chi connectivity index (χ4v) is 3.46. The molecule has 1 saturated heterocycles. The molecule has 126 valence electrons. The molecule has 2 aromatic rings. The third kappa shape index (κ3) is 3.77.